The van der Waals surface area contributed by atoms with Gasteiger partial charge in [-0.3, -0.25) is 9.69 Å². The third-order valence-corrected chi connectivity index (χ3v) is 8.49. The van der Waals surface area contributed by atoms with Gasteiger partial charge in [0.2, 0.25) is 0 Å². The number of carbonyl (C=O) groups excluding carboxylic acids is 1. The van der Waals surface area contributed by atoms with Crippen molar-refractivity contribution in [3.05, 3.63) is 65.2 Å². The smallest absolute Gasteiger partial charge is 0.253 e. The lowest BCUT2D eigenvalue weighted by Gasteiger charge is -2.57. The van der Waals surface area contributed by atoms with Gasteiger partial charge in [-0.05, 0) is 85.5 Å². The maximum absolute atomic E-state index is 13.5. The molecule has 2 aromatic rings. The van der Waals surface area contributed by atoms with Crippen LogP contribution in [0.2, 0.25) is 0 Å². The Labute approximate surface area is 204 Å². The van der Waals surface area contributed by atoms with E-state index < -0.39 is 0 Å². The summed E-state index contributed by atoms with van der Waals surface area (Å²) in [7, 11) is 1.65. The van der Waals surface area contributed by atoms with Gasteiger partial charge in [-0.25, -0.2) is 0 Å². The minimum absolute atomic E-state index is 0.123. The fraction of sp³-hybridized carbons (Fsp3) is 0.552. The molecule has 34 heavy (non-hydrogen) atoms. The topological polar surface area (TPSA) is 44.8 Å². The molecule has 2 saturated heterocycles. The second kappa shape index (κ2) is 9.71. The van der Waals surface area contributed by atoms with Crippen molar-refractivity contribution < 1.29 is 9.53 Å². The highest BCUT2D eigenvalue weighted by Crippen LogP contribution is 2.52. The number of hydrogen-bond donors (Lipinski definition) is 1. The maximum Gasteiger partial charge on any atom is 0.253 e. The first-order valence-electron chi connectivity index (χ1n) is 13.0. The Bertz CT molecular complexity index is 989. The molecule has 5 rings (SSSR count). The number of nitrogens with zero attached hydrogens (tertiary/aromatic N) is 2. The summed E-state index contributed by atoms with van der Waals surface area (Å²) in [6, 6.07) is 17.3. The number of rotatable bonds is 5. The van der Waals surface area contributed by atoms with Crippen LogP contribution in [0.5, 0.6) is 5.75 Å². The average Bonchev–Trinajstić information content (AvgIpc) is 2.87. The van der Waals surface area contributed by atoms with Crippen LogP contribution in [0.1, 0.15) is 73.0 Å². The lowest BCUT2D eigenvalue weighted by Crippen LogP contribution is -2.60. The molecule has 1 spiro atoms. The minimum atomic E-state index is 0.123. The zero-order chi connectivity index (χ0) is 23.7. The van der Waals surface area contributed by atoms with Gasteiger partial charge >= 0.3 is 0 Å². The van der Waals surface area contributed by atoms with E-state index in [1.54, 1.807) is 7.11 Å². The summed E-state index contributed by atoms with van der Waals surface area (Å²) in [5.74, 6) is 1.36. The third-order valence-electron chi connectivity index (χ3n) is 8.49. The second-order valence-corrected chi connectivity index (χ2v) is 10.8. The normalized spacial score (nSPS) is 23.2. The summed E-state index contributed by atoms with van der Waals surface area (Å²) in [6.45, 7) is 9.36. The van der Waals surface area contributed by atoms with Gasteiger partial charge in [-0.15, -0.1) is 0 Å². The van der Waals surface area contributed by atoms with Crippen molar-refractivity contribution in [2.24, 2.45) is 5.41 Å². The van der Waals surface area contributed by atoms with E-state index >= 15 is 0 Å². The molecule has 5 heteroatoms. The molecule has 0 bridgehead atoms. The Balaban J connectivity index is 1.39. The fourth-order valence-electron chi connectivity index (χ4n) is 6.49. The molecule has 2 heterocycles. The Morgan fingerprint density at radius 1 is 1.03 bits per heavy atom. The van der Waals surface area contributed by atoms with Gasteiger partial charge in [0.15, 0.2) is 0 Å². The highest BCUT2D eigenvalue weighted by atomic mass is 16.5. The van der Waals surface area contributed by atoms with Crippen molar-refractivity contribution in [1.82, 2.24) is 15.1 Å². The van der Waals surface area contributed by atoms with Gasteiger partial charge in [0, 0.05) is 31.2 Å². The van der Waals surface area contributed by atoms with Crippen LogP contribution in [0.3, 0.4) is 0 Å². The zero-order valence-electron chi connectivity index (χ0n) is 20.9. The molecule has 3 aliphatic rings. The van der Waals surface area contributed by atoms with Crippen LogP contribution in [-0.2, 0) is 0 Å². The van der Waals surface area contributed by atoms with E-state index in [0.29, 0.717) is 17.4 Å². The van der Waals surface area contributed by atoms with Gasteiger partial charge in [0.1, 0.15) is 5.75 Å². The van der Waals surface area contributed by atoms with Crippen LogP contribution < -0.4 is 10.1 Å². The van der Waals surface area contributed by atoms with E-state index in [4.69, 9.17) is 4.74 Å². The van der Waals surface area contributed by atoms with Gasteiger partial charge in [0.05, 0.1) is 13.2 Å². The van der Waals surface area contributed by atoms with E-state index in [9.17, 15) is 4.79 Å². The quantitative estimate of drug-likeness (QED) is 0.691. The summed E-state index contributed by atoms with van der Waals surface area (Å²) in [4.78, 5) is 18.3. The number of carbonyl (C=O) groups is 1. The van der Waals surface area contributed by atoms with Crippen LogP contribution in [0.25, 0.3) is 0 Å². The molecular formula is C29H39N3O2. The summed E-state index contributed by atoms with van der Waals surface area (Å²) < 4.78 is 5.28. The number of methoxy groups -OCH3 is 1. The average molecular weight is 462 g/mol. The van der Waals surface area contributed by atoms with E-state index in [1.165, 1.54) is 36.8 Å². The molecule has 1 unspecified atom stereocenters. The number of amides is 1. The third kappa shape index (κ3) is 4.48. The number of nitrogens with one attached hydrogen (secondary N) is 1. The molecule has 0 aromatic heterocycles. The summed E-state index contributed by atoms with van der Waals surface area (Å²) in [5, 5.41) is 3.53. The molecule has 1 amide bonds. The van der Waals surface area contributed by atoms with E-state index in [0.717, 1.165) is 44.0 Å². The fourth-order valence-corrected chi connectivity index (χ4v) is 6.49. The second-order valence-electron chi connectivity index (χ2n) is 10.8. The molecule has 2 aromatic carbocycles. The number of hydrogen-bond acceptors (Lipinski definition) is 4. The monoisotopic (exact) mass is 461 g/mol. The molecule has 5 nitrogen and oxygen atoms in total. The molecule has 0 radical (unpaired) electrons. The van der Waals surface area contributed by atoms with Gasteiger partial charge < -0.3 is 15.0 Å². The summed E-state index contributed by atoms with van der Waals surface area (Å²) >= 11 is 0. The molecule has 3 fully saturated rings. The molecule has 1 saturated carbocycles. The largest absolute Gasteiger partial charge is 0.497 e. The van der Waals surface area contributed by atoms with Crippen molar-refractivity contribution in [1.29, 1.82) is 0 Å². The molecule has 182 valence electrons. The molecule has 1 aliphatic carbocycles. The summed E-state index contributed by atoms with van der Waals surface area (Å²) in [6.07, 6.45) is 5.24. The lowest BCUT2D eigenvalue weighted by molar-refractivity contribution is -0.0601. The highest BCUT2D eigenvalue weighted by molar-refractivity contribution is 5.94. The summed E-state index contributed by atoms with van der Waals surface area (Å²) in [5.41, 5.74) is 4.10. The van der Waals surface area contributed by atoms with Crippen molar-refractivity contribution in [2.75, 3.05) is 39.8 Å². The maximum atomic E-state index is 13.5. The first-order chi connectivity index (χ1) is 16.5. The zero-order valence-corrected chi connectivity index (χ0v) is 20.9. The Morgan fingerprint density at radius 3 is 2.41 bits per heavy atom. The molecule has 1 N–H and O–H groups in total. The van der Waals surface area contributed by atoms with Crippen molar-refractivity contribution >= 4 is 5.91 Å². The predicted molar refractivity (Wildman–Crippen MR) is 136 cm³/mol. The van der Waals surface area contributed by atoms with Crippen molar-refractivity contribution in [3.63, 3.8) is 0 Å². The van der Waals surface area contributed by atoms with Crippen molar-refractivity contribution in [2.45, 2.75) is 57.5 Å². The molecule has 1 atom stereocenters. The van der Waals surface area contributed by atoms with Crippen LogP contribution >= 0.6 is 0 Å². The molecule has 2 aliphatic heterocycles. The number of benzene rings is 2. The Morgan fingerprint density at radius 2 is 1.74 bits per heavy atom. The van der Waals surface area contributed by atoms with Crippen molar-refractivity contribution in [3.8, 4) is 5.75 Å². The van der Waals surface area contributed by atoms with E-state index in [1.807, 2.05) is 24.3 Å². The highest BCUT2D eigenvalue weighted by Gasteiger charge is 2.49. The number of piperazine rings is 1. The van der Waals surface area contributed by atoms with Gasteiger partial charge in [-0.2, -0.15) is 0 Å². The Hall–Kier alpha value is -2.37. The molecular weight excluding hydrogens is 422 g/mol. The van der Waals surface area contributed by atoms with Crippen LogP contribution in [0.15, 0.2) is 48.5 Å². The Kier molecular flexibility index (Phi) is 6.67. The first kappa shape index (κ1) is 23.4. The number of piperidine rings is 1. The van der Waals surface area contributed by atoms with Crippen LogP contribution in [0, 0.1) is 5.41 Å². The predicted octanol–water partition coefficient (Wildman–Crippen LogP) is 4.85. The SMILES string of the molecule is COc1ccc(C(=O)N2CCN(C3CC4(CCNCC4)C3)C(c3ccccc3C(C)C)C2)cc1. The standard InChI is InChI=1S/C29H39N3O2/c1-21(2)25-6-4-5-7-26(25)27-20-31(28(33)22-8-10-24(34-3)11-9-22)16-17-32(27)23-18-29(19-23)12-14-30-15-13-29/h4-11,21,23,27,30H,12-20H2,1-3H3. The lowest BCUT2D eigenvalue weighted by atomic mass is 9.60. The number of ether oxygens (including phenoxy) is 1. The van der Waals surface area contributed by atoms with E-state index in [2.05, 4.69) is 53.2 Å². The first-order valence-corrected chi connectivity index (χ1v) is 13.0. The van der Waals surface area contributed by atoms with E-state index in [-0.39, 0.29) is 11.9 Å². The van der Waals surface area contributed by atoms with Gasteiger partial charge in [0.25, 0.3) is 5.91 Å². The van der Waals surface area contributed by atoms with Crippen LogP contribution in [-0.4, -0.2) is 61.6 Å². The van der Waals surface area contributed by atoms with Gasteiger partial charge in [-0.1, -0.05) is 38.1 Å². The van der Waals surface area contributed by atoms with Crippen LogP contribution in [0.4, 0.5) is 0 Å². The minimum Gasteiger partial charge on any atom is -0.497 e.